The van der Waals surface area contributed by atoms with Gasteiger partial charge in [0.15, 0.2) is 0 Å². The Kier molecular flexibility index (Phi) is 5.53. The summed E-state index contributed by atoms with van der Waals surface area (Å²) in [6.07, 6.45) is -1.08. The number of hydrogen-bond acceptors (Lipinski definition) is 2. The SMILES string of the molecule is Cc1cc(C)n(Cc2cccc(C(F)(F)F)c2)c1C(=O)NCc1cccnc1. The molecule has 1 aromatic carbocycles. The molecule has 3 aromatic rings. The van der Waals surface area contributed by atoms with Crippen molar-refractivity contribution < 1.29 is 18.0 Å². The molecule has 0 aliphatic heterocycles. The van der Waals surface area contributed by atoms with Gasteiger partial charge in [-0.05, 0) is 54.8 Å². The number of benzene rings is 1. The smallest absolute Gasteiger partial charge is 0.347 e. The summed E-state index contributed by atoms with van der Waals surface area (Å²) >= 11 is 0. The Morgan fingerprint density at radius 3 is 2.54 bits per heavy atom. The Morgan fingerprint density at radius 1 is 1.11 bits per heavy atom. The van der Waals surface area contributed by atoms with Crippen molar-refractivity contribution in [3.63, 3.8) is 0 Å². The van der Waals surface area contributed by atoms with Gasteiger partial charge in [-0.1, -0.05) is 18.2 Å². The van der Waals surface area contributed by atoms with Crippen molar-refractivity contribution in [2.75, 3.05) is 0 Å². The van der Waals surface area contributed by atoms with Crippen LogP contribution in [0.5, 0.6) is 0 Å². The van der Waals surface area contributed by atoms with E-state index < -0.39 is 11.7 Å². The molecule has 0 bridgehead atoms. The second-order valence-electron chi connectivity index (χ2n) is 6.65. The third-order valence-electron chi connectivity index (χ3n) is 4.48. The first-order valence-corrected chi connectivity index (χ1v) is 8.75. The predicted molar refractivity (Wildman–Crippen MR) is 99.9 cm³/mol. The van der Waals surface area contributed by atoms with Crippen LogP contribution in [0.1, 0.15) is 38.4 Å². The van der Waals surface area contributed by atoms with Crippen molar-refractivity contribution in [2.45, 2.75) is 33.1 Å². The Bertz CT molecular complexity index is 978. The van der Waals surface area contributed by atoms with Crippen molar-refractivity contribution in [3.8, 4) is 0 Å². The van der Waals surface area contributed by atoms with Gasteiger partial charge in [-0.3, -0.25) is 9.78 Å². The van der Waals surface area contributed by atoms with Crippen LogP contribution in [0.3, 0.4) is 0 Å². The highest BCUT2D eigenvalue weighted by Crippen LogP contribution is 2.30. The molecule has 2 heterocycles. The second-order valence-corrected chi connectivity index (χ2v) is 6.65. The number of amides is 1. The standard InChI is InChI=1S/C21H20F3N3O/c1-14-9-15(2)27(13-16-5-3-7-18(10-16)21(22,23)24)19(14)20(28)26-12-17-6-4-8-25-11-17/h3-11H,12-13H2,1-2H3,(H,26,28). The molecule has 7 heteroatoms. The molecule has 1 N–H and O–H groups in total. The van der Waals surface area contributed by atoms with Gasteiger partial charge in [0, 0.05) is 31.2 Å². The zero-order valence-electron chi connectivity index (χ0n) is 15.5. The summed E-state index contributed by atoms with van der Waals surface area (Å²) in [5.74, 6) is -0.276. The first-order chi connectivity index (χ1) is 13.3. The molecule has 0 aliphatic carbocycles. The topological polar surface area (TPSA) is 46.9 Å². The minimum atomic E-state index is -4.40. The van der Waals surface area contributed by atoms with E-state index in [4.69, 9.17) is 0 Å². The summed E-state index contributed by atoms with van der Waals surface area (Å²) in [5.41, 5.74) is 2.67. The van der Waals surface area contributed by atoms with E-state index in [1.807, 2.05) is 26.0 Å². The van der Waals surface area contributed by atoms with Crippen LogP contribution in [0.15, 0.2) is 54.9 Å². The molecule has 3 rings (SSSR count). The molecule has 0 spiro atoms. The number of rotatable bonds is 5. The molecule has 146 valence electrons. The molecular weight excluding hydrogens is 367 g/mol. The average molecular weight is 387 g/mol. The summed E-state index contributed by atoms with van der Waals surface area (Å²) in [6.45, 7) is 4.15. The third kappa shape index (κ3) is 4.42. The fraction of sp³-hybridized carbons (Fsp3) is 0.238. The maximum absolute atomic E-state index is 13.0. The lowest BCUT2D eigenvalue weighted by atomic mass is 10.1. The number of carbonyl (C=O) groups is 1. The Morgan fingerprint density at radius 2 is 1.86 bits per heavy atom. The molecule has 0 radical (unpaired) electrons. The molecule has 4 nitrogen and oxygen atoms in total. The van der Waals surface area contributed by atoms with Crippen molar-refractivity contribution >= 4 is 5.91 Å². The molecule has 28 heavy (non-hydrogen) atoms. The number of aromatic nitrogens is 2. The quantitative estimate of drug-likeness (QED) is 0.701. The highest BCUT2D eigenvalue weighted by Gasteiger charge is 2.30. The van der Waals surface area contributed by atoms with Gasteiger partial charge in [-0.25, -0.2) is 0 Å². The highest BCUT2D eigenvalue weighted by molar-refractivity contribution is 5.94. The largest absolute Gasteiger partial charge is 0.416 e. The predicted octanol–water partition coefficient (Wildman–Crippen LogP) is 4.50. The van der Waals surface area contributed by atoms with E-state index in [2.05, 4.69) is 10.3 Å². The van der Waals surface area contributed by atoms with E-state index in [1.165, 1.54) is 6.07 Å². The summed E-state index contributed by atoms with van der Waals surface area (Å²) in [7, 11) is 0. The van der Waals surface area contributed by atoms with Crippen molar-refractivity contribution in [1.29, 1.82) is 0 Å². The minimum Gasteiger partial charge on any atom is -0.347 e. The Balaban J connectivity index is 1.84. The first-order valence-electron chi connectivity index (χ1n) is 8.75. The van der Waals surface area contributed by atoms with E-state index in [9.17, 15) is 18.0 Å². The molecule has 2 aromatic heterocycles. The van der Waals surface area contributed by atoms with Crippen LogP contribution in [0.2, 0.25) is 0 Å². The lowest BCUT2D eigenvalue weighted by Crippen LogP contribution is -2.26. The van der Waals surface area contributed by atoms with E-state index in [-0.39, 0.29) is 12.5 Å². The molecule has 0 fully saturated rings. The van der Waals surface area contributed by atoms with Crippen LogP contribution in [-0.4, -0.2) is 15.5 Å². The van der Waals surface area contributed by atoms with Crippen LogP contribution in [-0.2, 0) is 19.3 Å². The maximum Gasteiger partial charge on any atom is 0.416 e. The third-order valence-corrected chi connectivity index (χ3v) is 4.48. The first kappa shape index (κ1) is 19.7. The molecular formula is C21H20F3N3O. The molecule has 0 aliphatic rings. The number of alkyl halides is 3. The maximum atomic E-state index is 13.0. The van der Waals surface area contributed by atoms with Crippen LogP contribution in [0, 0.1) is 13.8 Å². The Labute approximate surface area is 161 Å². The zero-order valence-corrected chi connectivity index (χ0v) is 15.5. The van der Waals surface area contributed by atoms with Crippen LogP contribution in [0.25, 0.3) is 0 Å². The summed E-state index contributed by atoms with van der Waals surface area (Å²) in [6, 6.07) is 10.7. The molecule has 0 saturated heterocycles. The van der Waals surface area contributed by atoms with Gasteiger partial charge in [0.2, 0.25) is 0 Å². The second kappa shape index (κ2) is 7.88. The fourth-order valence-electron chi connectivity index (χ4n) is 3.15. The number of nitrogens with one attached hydrogen (secondary N) is 1. The number of nitrogens with zero attached hydrogens (tertiary/aromatic N) is 2. The Hall–Kier alpha value is -3.09. The zero-order chi connectivity index (χ0) is 20.3. The normalized spacial score (nSPS) is 11.5. The number of pyridine rings is 1. The van der Waals surface area contributed by atoms with E-state index in [0.717, 1.165) is 29.0 Å². The monoisotopic (exact) mass is 387 g/mol. The number of hydrogen-bond donors (Lipinski definition) is 1. The van der Waals surface area contributed by atoms with Gasteiger partial charge in [-0.2, -0.15) is 13.2 Å². The fourth-order valence-corrected chi connectivity index (χ4v) is 3.15. The van der Waals surface area contributed by atoms with Gasteiger partial charge >= 0.3 is 6.18 Å². The number of halogens is 3. The van der Waals surface area contributed by atoms with Gasteiger partial charge in [0.1, 0.15) is 5.69 Å². The number of aryl methyl sites for hydroxylation is 2. The van der Waals surface area contributed by atoms with Gasteiger partial charge in [0.05, 0.1) is 5.56 Å². The number of carbonyl (C=O) groups excluding carboxylic acids is 1. The molecule has 0 atom stereocenters. The molecule has 0 saturated carbocycles. The van der Waals surface area contributed by atoms with E-state index >= 15 is 0 Å². The van der Waals surface area contributed by atoms with E-state index in [1.54, 1.807) is 29.1 Å². The van der Waals surface area contributed by atoms with Gasteiger partial charge < -0.3 is 9.88 Å². The molecule has 1 amide bonds. The summed E-state index contributed by atoms with van der Waals surface area (Å²) in [5, 5.41) is 2.85. The highest BCUT2D eigenvalue weighted by atomic mass is 19.4. The lowest BCUT2D eigenvalue weighted by Gasteiger charge is -2.14. The summed E-state index contributed by atoms with van der Waals surface area (Å²) < 4.78 is 40.7. The van der Waals surface area contributed by atoms with Crippen LogP contribution >= 0.6 is 0 Å². The molecule has 0 unspecified atom stereocenters. The van der Waals surface area contributed by atoms with Crippen molar-refractivity contribution in [3.05, 3.63) is 88.5 Å². The summed E-state index contributed by atoms with van der Waals surface area (Å²) in [4.78, 5) is 16.8. The van der Waals surface area contributed by atoms with Gasteiger partial charge in [-0.15, -0.1) is 0 Å². The van der Waals surface area contributed by atoms with Crippen molar-refractivity contribution in [1.82, 2.24) is 14.9 Å². The van der Waals surface area contributed by atoms with Crippen molar-refractivity contribution in [2.24, 2.45) is 0 Å². The lowest BCUT2D eigenvalue weighted by molar-refractivity contribution is -0.137. The van der Waals surface area contributed by atoms with Crippen LogP contribution < -0.4 is 5.32 Å². The van der Waals surface area contributed by atoms with Gasteiger partial charge in [0.25, 0.3) is 5.91 Å². The van der Waals surface area contributed by atoms with E-state index in [0.29, 0.717) is 17.8 Å². The average Bonchev–Trinajstić information content (AvgIpc) is 2.93. The minimum absolute atomic E-state index is 0.180. The van der Waals surface area contributed by atoms with Crippen LogP contribution in [0.4, 0.5) is 13.2 Å².